The number of halogens is 1. The zero-order valence-electron chi connectivity index (χ0n) is 9.99. The third-order valence-corrected chi connectivity index (χ3v) is 2.93. The molecule has 0 saturated heterocycles. The summed E-state index contributed by atoms with van der Waals surface area (Å²) in [5.41, 5.74) is 7.70. The maximum absolute atomic E-state index is 5.92. The lowest BCUT2D eigenvalue weighted by Gasteiger charge is -2.06. The second kappa shape index (κ2) is 4.74. The molecule has 2 heterocycles. The summed E-state index contributed by atoms with van der Waals surface area (Å²) in [6, 6.07) is 17.1. The number of anilines is 1. The van der Waals surface area contributed by atoms with Crippen molar-refractivity contribution in [1.82, 2.24) is 14.8 Å². The number of hydrogen-bond donors (Lipinski definition) is 1. The molecule has 0 atom stereocenters. The molecule has 0 fully saturated rings. The molecule has 1 aromatic carbocycles. The van der Waals surface area contributed by atoms with Crippen LogP contribution in [0.15, 0.2) is 54.6 Å². The number of pyridine rings is 1. The van der Waals surface area contributed by atoms with Gasteiger partial charge < -0.3 is 5.73 Å². The van der Waals surface area contributed by atoms with Crippen LogP contribution < -0.4 is 5.73 Å². The Labute approximate surface area is 115 Å². The van der Waals surface area contributed by atoms with Gasteiger partial charge >= 0.3 is 0 Å². The van der Waals surface area contributed by atoms with E-state index in [0.29, 0.717) is 16.8 Å². The van der Waals surface area contributed by atoms with Gasteiger partial charge in [-0.15, -0.1) is 5.10 Å². The van der Waals surface area contributed by atoms with Crippen molar-refractivity contribution in [2.24, 2.45) is 0 Å². The highest BCUT2D eigenvalue weighted by atomic mass is 35.5. The molecule has 5 heteroatoms. The van der Waals surface area contributed by atoms with Gasteiger partial charge in [0.1, 0.15) is 11.0 Å². The normalized spacial score (nSPS) is 10.6. The molecule has 2 aromatic heterocycles. The highest BCUT2D eigenvalue weighted by molar-refractivity contribution is 6.29. The van der Waals surface area contributed by atoms with Gasteiger partial charge in [0.15, 0.2) is 5.82 Å². The largest absolute Gasteiger partial charge is 0.382 e. The van der Waals surface area contributed by atoms with Gasteiger partial charge in [-0.25, -0.2) is 9.67 Å². The summed E-state index contributed by atoms with van der Waals surface area (Å²) >= 11 is 5.92. The van der Waals surface area contributed by atoms with Crippen LogP contribution in [0.3, 0.4) is 0 Å². The van der Waals surface area contributed by atoms with Gasteiger partial charge in [0.05, 0.1) is 5.69 Å². The lowest BCUT2D eigenvalue weighted by molar-refractivity contribution is 0.859. The van der Waals surface area contributed by atoms with Crippen LogP contribution >= 0.6 is 11.6 Å². The first-order valence-electron chi connectivity index (χ1n) is 5.78. The van der Waals surface area contributed by atoms with Gasteiger partial charge in [0, 0.05) is 11.6 Å². The molecule has 3 rings (SSSR count). The van der Waals surface area contributed by atoms with Crippen molar-refractivity contribution in [2.45, 2.75) is 0 Å². The Kier molecular flexibility index (Phi) is 2.93. The van der Waals surface area contributed by atoms with Gasteiger partial charge in [-0.2, -0.15) is 0 Å². The number of benzene rings is 1. The van der Waals surface area contributed by atoms with Gasteiger partial charge in [0.2, 0.25) is 0 Å². The molecule has 94 valence electrons. The highest BCUT2D eigenvalue weighted by Gasteiger charge is 2.11. The van der Waals surface area contributed by atoms with Gasteiger partial charge in [-0.3, -0.25) is 0 Å². The molecule has 4 nitrogen and oxygen atoms in total. The molecule has 0 radical (unpaired) electrons. The number of rotatable bonds is 2. The standard InChI is InChI=1S/C14H11ClN4/c15-12-7-4-8-14(17-12)19-11(9-13(16)18-19)10-5-2-1-3-6-10/h1-9H,(H2,16,18). The lowest BCUT2D eigenvalue weighted by Crippen LogP contribution is -2.02. The van der Waals surface area contributed by atoms with Crippen LogP contribution in [0.5, 0.6) is 0 Å². The smallest absolute Gasteiger partial charge is 0.155 e. The highest BCUT2D eigenvalue weighted by Crippen LogP contribution is 2.24. The minimum atomic E-state index is 0.422. The predicted molar refractivity (Wildman–Crippen MR) is 76.2 cm³/mol. The first-order chi connectivity index (χ1) is 9.24. The fraction of sp³-hybridized carbons (Fsp3) is 0. The molecule has 0 aliphatic carbocycles. The van der Waals surface area contributed by atoms with E-state index in [1.54, 1.807) is 10.7 Å². The van der Waals surface area contributed by atoms with Crippen LogP contribution in [0.4, 0.5) is 5.82 Å². The van der Waals surface area contributed by atoms with Crippen molar-refractivity contribution in [3.8, 4) is 17.1 Å². The Morgan fingerprint density at radius 1 is 1.00 bits per heavy atom. The van der Waals surface area contributed by atoms with Gasteiger partial charge in [-0.05, 0) is 12.1 Å². The van der Waals surface area contributed by atoms with E-state index in [4.69, 9.17) is 17.3 Å². The zero-order valence-corrected chi connectivity index (χ0v) is 10.7. The zero-order chi connectivity index (χ0) is 13.2. The number of nitrogen functional groups attached to an aromatic ring is 1. The number of nitrogens with two attached hydrogens (primary N) is 1. The molecule has 0 aliphatic heterocycles. The maximum Gasteiger partial charge on any atom is 0.155 e. The first kappa shape index (κ1) is 11.7. The number of nitrogens with zero attached hydrogens (tertiary/aromatic N) is 3. The van der Waals surface area contributed by atoms with Crippen molar-refractivity contribution < 1.29 is 0 Å². The van der Waals surface area contributed by atoms with Crippen LogP contribution in [0.1, 0.15) is 0 Å². The third kappa shape index (κ3) is 2.30. The topological polar surface area (TPSA) is 56.7 Å². The fourth-order valence-corrected chi connectivity index (χ4v) is 2.06. The molecule has 3 aromatic rings. The van der Waals surface area contributed by atoms with E-state index in [1.165, 1.54) is 0 Å². The monoisotopic (exact) mass is 270 g/mol. The SMILES string of the molecule is Nc1cc(-c2ccccc2)n(-c2cccc(Cl)n2)n1. The van der Waals surface area contributed by atoms with E-state index in [1.807, 2.05) is 48.5 Å². The van der Waals surface area contributed by atoms with Crippen molar-refractivity contribution >= 4 is 17.4 Å². The quantitative estimate of drug-likeness (QED) is 0.728. The van der Waals surface area contributed by atoms with Crippen LogP contribution in [0.2, 0.25) is 5.15 Å². The summed E-state index contributed by atoms with van der Waals surface area (Å²) in [7, 11) is 0. The van der Waals surface area contributed by atoms with E-state index in [2.05, 4.69) is 10.1 Å². The molecular weight excluding hydrogens is 260 g/mol. The summed E-state index contributed by atoms with van der Waals surface area (Å²) in [6.45, 7) is 0. The Hall–Kier alpha value is -2.33. The number of aromatic nitrogens is 3. The minimum Gasteiger partial charge on any atom is -0.382 e. The summed E-state index contributed by atoms with van der Waals surface area (Å²) in [4.78, 5) is 4.25. The Morgan fingerprint density at radius 3 is 2.53 bits per heavy atom. The molecule has 0 bridgehead atoms. The van der Waals surface area contributed by atoms with Crippen LogP contribution in [-0.2, 0) is 0 Å². The van der Waals surface area contributed by atoms with Crippen molar-refractivity contribution in [2.75, 3.05) is 5.73 Å². The summed E-state index contributed by atoms with van der Waals surface area (Å²) < 4.78 is 1.69. The van der Waals surface area contributed by atoms with Crippen LogP contribution in [-0.4, -0.2) is 14.8 Å². The van der Waals surface area contributed by atoms with E-state index >= 15 is 0 Å². The Morgan fingerprint density at radius 2 is 1.79 bits per heavy atom. The lowest BCUT2D eigenvalue weighted by atomic mass is 10.1. The summed E-state index contributed by atoms with van der Waals surface area (Å²) in [5.74, 6) is 1.09. The van der Waals surface area contributed by atoms with E-state index in [0.717, 1.165) is 11.3 Å². The fourth-order valence-electron chi connectivity index (χ4n) is 1.90. The molecule has 0 aliphatic rings. The van der Waals surface area contributed by atoms with E-state index < -0.39 is 0 Å². The molecular formula is C14H11ClN4. The average Bonchev–Trinajstić information content (AvgIpc) is 2.82. The summed E-state index contributed by atoms with van der Waals surface area (Å²) in [5, 5.41) is 4.69. The second-order valence-electron chi connectivity index (χ2n) is 4.05. The third-order valence-electron chi connectivity index (χ3n) is 2.72. The average molecular weight is 271 g/mol. The molecule has 2 N–H and O–H groups in total. The minimum absolute atomic E-state index is 0.422. The molecule has 0 saturated carbocycles. The van der Waals surface area contributed by atoms with Crippen molar-refractivity contribution in [3.05, 3.63) is 59.8 Å². The van der Waals surface area contributed by atoms with Crippen LogP contribution in [0.25, 0.3) is 17.1 Å². The predicted octanol–water partition coefficient (Wildman–Crippen LogP) is 3.17. The van der Waals surface area contributed by atoms with Gasteiger partial charge in [-0.1, -0.05) is 48.0 Å². The van der Waals surface area contributed by atoms with E-state index in [9.17, 15) is 0 Å². The van der Waals surface area contributed by atoms with Gasteiger partial charge in [0.25, 0.3) is 0 Å². The molecule has 0 spiro atoms. The second-order valence-corrected chi connectivity index (χ2v) is 4.44. The van der Waals surface area contributed by atoms with Crippen LogP contribution in [0, 0.1) is 0 Å². The molecule has 0 unspecified atom stereocenters. The van der Waals surface area contributed by atoms with Crippen molar-refractivity contribution in [1.29, 1.82) is 0 Å². The van der Waals surface area contributed by atoms with Crippen molar-refractivity contribution in [3.63, 3.8) is 0 Å². The first-order valence-corrected chi connectivity index (χ1v) is 6.16. The maximum atomic E-state index is 5.92. The molecule has 19 heavy (non-hydrogen) atoms. The molecule has 0 amide bonds. The Bertz CT molecular complexity index is 706. The summed E-state index contributed by atoms with van der Waals surface area (Å²) in [6.07, 6.45) is 0. The number of hydrogen-bond acceptors (Lipinski definition) is 3. The van der Waals surface area contributed by atoms with E-state index in [-0.39, 0.29) is 0 Å². The Balaban J connectivity index is 2.18.